The van der Waals surface area contributed by atoms with Gasteiger partial charge in [0.05, 0.1) is 35.2 Å². The minimum Gasteiger partial charge on any atom is -0.452 e. The molecule has 0 unspecified atom stereocenters. The van der Waals surface area contributed by atoms with Crippen LogP contribution in [-0.2, 0) is 24.3 Å². The van der Waals surface area contributed by atoms with Crippen molar-refractivity contribution in [1.29, 1.82) is 0 Å². The number of esters is 1. The van der Waals surface area contributed by atoms with Crippen LogP contribution in [0, 0.1) is 13.8 Å². The SMILES string of the molecule is Cc1nn(-c2ccccc2)c(C)c1C(=O)OCC(=O)Nc1ccc(S(=O)(=O)N2CCOCC2)cc1. The molecule has 0 bridgehead atoms. The molecule has 3 aromatic rings. The standard InChI is InChI=1S/C24H26N4O6S/c1-17-23(18(2)28(26-17)20-6-4-3-5-7-20)24(30)34-16-22(29)25-19-8-10-21(11-9-19)35(31,32)27-12-14-33-15-13-27/h3-11H,12-16H2,1-2H3,(H,25,29). The summed E-state index contributed by atoms with van der Waals surface area (Å²) in [6.07, 6.45) is 0. The number of carbonyl (C=O) groups excluding carboxylic acids is 2. The summed E-state index contributed by atoms with van der Waals surface area (Å²) in [6, 6.07) is 15.2. The molecular formula is C24H26N4O6S. The summed E-state index contributed by atoms with van der Waals surface area (Å²) in [7, 11) is -3.62. The Morgan fingerprint density at radius 3 is 2.34 bits per heavy atom. The number of hydrogen-bond acceptors (Lipinski definition) is 7. The van der Waals surface area contributed by atoms with E-state index in [4.69, 9.17) is 9.47 Å². The number of aryl methyl sites for hydroxylation is 1. The third kappa shape index (κ3) is 5.42. The van der Waals surface area contributed by atoms with Gasteiger partial charge >= 0.3 is 5.97 Å². The van der Waals surface area contributed by atoms with E-state index in [1.54, 1.807) is 18.5 Å². The number of nitrogens with zero attached hydrogens (tertiary/aromatic N) is 3. The molecule has 1 amide bonds. The van der Waals surface area contributed by atoms with Crippen LogP contribution < -0.4 is 5.32 Å². The van der Waals surface area contributed by atoms with Gasteiger partial charge in [-0.05, 0) is 50.2 Å². The summed E-state index contributed by atoms with van der Waals surface area (Å²) in [5, 5.41) is 7.02. The van der Waals surface area contributed by atoms with Gasteiger partial charge in [-0.2, -0.15) is 9.40 Å². The fourth-order valence-electron chi connectivity index (χ4n) is 3.81. The lowest BCUT2D eigenvalue weighted by atomic mass is 10.2. The second-order valence-electron chi connectivity index (χ2n) is 7.96. The Morgan fingerprint density at radius 2 is 1.69 bits per heavy atom. The fourth-order valence-corrected chi connectivity index (χ4v) is 5.21. The first-order valence-corrected chi connectivity index (χ1v) is 12.5. The molecule has 35 heavy (non-hydrogen) atoms. The number of amides is 1. The van der Waals surface area contributed by atoms with Crippen LogP contribution in [0.1, 0.15) is 21.7 Å². The molecule has 184 valence electrons. The van der Waals surface area contributed by atoms with E-state index in [0.29, 0.717) is 48.9 Å². The highest BCUT2D eigenvalue weighted by atomic mass is 32.2. The van der Waals surface area contributed by atoms with Crippen LogP contribution in [0.2, 0.25) is 0 Å². The predicted octanol–water partition coefficient (Wildman–Crippen LogP) is 2.31. The van der Waals surface area contributed by atoms with E-state index in [-0.39, 0.29) is 4.90 Å². The summed E-state index contributed by atoms with van der Waals surface area (Å²) < 4.78 is 38.8. The first-order chi connectivity index (χ1) is 16.8. The monoisotopic (exact) mass is 498 g/mol. The zero-order chi connectivity index (χ0) is 25.0. The number of nitrogens with one attached hydrogen (secondary N) is 1. The highest BCUT2D eigenvalue weighted by Gasteiger charge is 2.26. The maximum Gasteiger partial charge on any atom is 0.342 e. The van der Waals surface area contributed by atoms with Gasteiger partial charge in [-0.15, -0.1) is 0 Å². The molecule has 2 aromatic carbocycles. The second-order valence-corrected chi connectivity index (χ2v) is 9.90. The normalized spacial score (nSPS) is 14.5. The fraction of sp³-hybridized carbons (Fsp3) is 0.292. The number of aromatic nitrogens is 2. The van der Waals surface area contributed by atoms with Gasteiger partial charge < -0.3 is 14.8 Å². The third-order valence-corrected chi connectivity index (χ3v) is 7.49. The molecule has 0 radical (unpaired) electrons. The Morgan fingerprint density at radius 1 is 1.03 bits per heavy atom. The lowest BCUT2D eigenvalue weighted by Crippen LogP contribution is -2.40. The average Bonchev–Trinajstić information content (AvgIpc) is 3.17. The molecule has 1 aromatic heterocycles. The topological polar surface area (TPSA) is 120 Å². The van der Waals surface area contributed by atoms with Gasteiger partial charge in [0.15, 0.2) is 6.61 Å². The molecule has 1 fully saturated rings. The summed E-state index contributed by atoms with van der Waals surface area (Å²) in [6.45, 7) is 4.29. The Hall–Kier alpha value is -3.54. The highest BCUT2D eigenvalue weighted by Crippen LogP contribution is 2.20. The molecule has 1 aliphatic rings. The molecule has 4 rings (SSSR count). The maximum absolute atomic E-state index is 12.7. The molecule has 1 N–H and O–H groups in total. The van der Waals surface area contributed by atoms with Gasteiger partial charge in [0.25, 0.3) is 5.91 Å². The quantitative estimate of drug-likeness (QED) is 0.497. The summed E-state index contributed by atoms with van der Waals surface area (Å²) in [5.74, 6) is -1.20. The first-order valence-electron chi connectivity index (χ1n) is 11.0. The van der Waals surface area contributed by atoms with E-state index in [1.165, 1.54) is 28.6 Å². The van der Waals surface area contributed by atoms with E-state index in [9.17, 15) is 18.0 Å². The predicted molar refractivity (Wildman–Crippen MR) is 128 cm³/mol. The lowest BCUT2D eigenvalue weighted by Gasteiger charge is -2.26. The number of hydrogen-bond donors (Lipinski definition) is 1. The minimum atomic E-state index is -3.62. The van der Waals surface area contributed by atoms with Crippen molar-refractivity contribution in [2.75, 3.05) is 38.2 Å². The van der Waals surface area contributed by atoms with Crippen LogP contribution in [0.4, 0.5) is 5.69 Å². The van der Waals surface area contributed by atoms with Crippen LogP contribution in [-0.4, -0.2) is 67.3 Å². The molecule has 0 spiro atoms. The van der Waals surface area contributed by atoms with Crippen LogP contribution in [0.15, 0.2) is 59.5 Å². The molecule has 0 saturated carbocycles. The van der Waals surface area contributed by atoms with Crippen molar-refractivity contribution in [2.45, 2.75) is 18.7 Å². The Kier molecular flexibility index (Phi) is 7.29. The molecule has 0 aliphatic carbocycles. The van der Waals surface area contributed by atoms with E-state index in [1.807, 2.05) is 30.3 Å². The van der Waals surface area contributed by atoms with Gasteiger partial charge in [-0.25, -0.2) is 17.9 Å². The Bertz CT molecular complexity index is 1310. The largest absolute Gasteiger partial charge is 0.452 e. The van der Waals surface area contributed by atoms with Gasteiger partial charge in [-0.3, -0.25) is 4.79 Å². The zero-order valence-electron chi connectivity index (χ0n) is 19.4. The molecule has 2 heterocycles. The molecular weight excluding hydrogens is 472 g/mol. The van der Waals surface area contributed by atoms with Gasteiger partial charge in [0, 0.05) is 18.8 Å². The van der Waals surface area contributed by atoms with E-state index >= 15 is 0 Å². The molecule has 11 heteroatoms. The Balaban J connectivity index is 1.36. The van der Waals surface area contributed by atoms with E-state index in [0.717, 1.165) is 5.69 Å². The second kappa shape index (κ2) is 10.4. The maximum atomic E-state index is 12.7. The Labute approximate surface area is 203 Å². The highest BCUT2D eigenvalue weighted by molar-refractivity contribution is 7.89. The summed E-state index contributed by atoms with van der Waals surface area (Å²) >= 11 is 0. The van der Waals surface area contributed by atoms with Crippen LogP contribution in [0.5, 0.6) is 0 Å². The number of benzene rings is 2. The minimum absolute atomic E-state index is 0.130. The van der Waals surface area contributed by atoms with Crippen molar-refractivity contribution in [1.82, 2.24) is 14.1 Å². The van der Waals surface area contributed by atoms with E-state index in [2.05, 4.69) is 10.4 Å². The van der Waals surface area contributed by atoms with Crippen molar-refractivity contribution < 1.29 is 27.5 Å². The van der Waals surface area contributed by atoms with Crippen molar-refractivity contribution >= 4 is 27.6 Å². The third-order valence-electron chi connectivity index (χ3n) is 5.58. The van der Waals surface area contributed by atoms with Crippen molar-refractivity contribution in [3.8, 4) is 5.69 Å². The smallest absolute Gasteiger partial charge is 0.342 e. The first kappa shape index (κ1) is 24.6. The average molecular weight is 499 g/mol. The molecule has 1 aliphatic heterocycles. The number of ether oxygens (including phenoxy) is 2. The number of sulfonamides is 1. The number of carbonyl (C=O) groups is 2. The molecule has 0 atom stereocenters. The van der Waals surface area contributed by atoms with Crippen LogP contribution in [0.3, 0.4) is 0 Å². The number of para-hydroxylation sites is 1. The lowest BCUT2D eigenvalue weighted by molar-refractivity contribution is -0.119. The van der Waals surface area contributed by atoms with Gasteiger partial charge in [-0.1, -0.05) is 18.2 Å². The van der Waals surface area contributed by atoms with Gasteiger partial charge in [0.2, 0.25) is 10.0 Å². The van der Waals surface area contributed by atoms with Crippen LogP contribution in [0.25, 0.3) is 5.69 Å². The summed E-state index contributed by atoms with van der Waals surface area (Å²) in [4.78, 5) is 25.1. The number of anilines is 1. The van der Waals surface area contributed by atoms with Crippen molar-refractivity contribution in [3.05, 3.63) is 71.5 Å². The summed E-state index contributed by atoms with van der Waals surface area (Å²) in [5.41, 5.74) is 2.60. The van der Waals surface area contributed by atoms with E-state index < -0.39 is 28.5 Å². The molecule has 1 saturated heterocycles. The van der Waals surface area contributed by atoms with Crippen molar-refractivity contribution in [2.24, 2.45) is 0 Å². The zero-order valence-corrected chi connectivity index (χ0v) is 20.2. The number of morpholine rings is 1. The number of rotatable bonds is 7. The molecule has 10 nitrogen and oxygen atoms in total. The van der Waals surface area contributed by atoms with Crippen LogP contribution >= 0.6 is 0 Å². The van der Waals surface area contributed by atoms with Gasteiger partial charge in [0.1, 0.15) is 5.56 Å². The van der Waals surface area contributed by atoms with Crippen molar-refractivity contribution in [3.63, 3.8) is 0 Å².